The molecule has 0 bridgehead atoms. The smallest absolute Gasteiger partial charge is 0.276 e. The maximum atomic E-state index is 13.1. The van der Waals surface area contributed by atoms with Crippen LogP contribution < -0.4 is 15.0 Å². The molecule has 6 heteroatoms. The van der Waals surface area contributed by atoms with Crippen LogP contribution in [0.5, 0.6) is 11.5 Å². The van der Waals surface area contributed by atoms with Crippen molar-refractivity contribution >= 4 is 5.52 Å². The lowest BCUT2D eigenvalue weighted by Crippen LogP contribution is -2.21. The van der Waals surface area contributed by atoms with Gasteiger partial charge in [-0.2, -0.15) is 5.10 Å². The largest absolute Gasteiger partial charge is 0.497 e. The summed E-state index contributed by atoms with van der Waals surface area (Å²) in [6, 6.07) is 17.4. The second-order valence-corrected chi connectivity index (χ2v) is 7.14. The molecule has 0 aliphatic carbocycles. The van der Waals surface area contributed by atoms with E-state index in [1.54, 1.807) is 28.6 Å². The summed E-state index contributed by atoms with van der Waals surface area (Å²) in [5.41, 5.74) is 3.03. The van der Waals surface area contributed by atoms with Gasteiger partial charge in [-0.3, -0.25) is 4.79 Å². The van der Waals surface area contributed by atoms with E-state index in [0.717, 1.165) is 41.2 Å². The van der Waals surface area contributed by atoms with E-state index in [9.17, 15) is 4.79 Å². The minimum absolute atomic E-state index is 0.0940. The summed E-state index contributed by atoms with van der Waals surface area (Å²) < 4.78 is 14.5. The number of aromatic nitrogens is 3. The Hall–Kier alpha value is -3.54. The van der Waals surface area contributed by atoms with Crippen molar-refractivity contribution in [3.8, 4) is 22.8 Å². The van der Waals surface area contributed by atoms with Gasteiger partial charge in [0, 0.05) is 18.0 Å². The molecule has 0 saturated carbocycles. The molecular formula is C24H25N3O3. The number of ether oxygens (including phenoxy) is 2. The van der Waals surface area contributed by atoms with Crippen LogP contribution in [0.2, 0.25) is 0 Å². The molecule has 0 atom stereocenters. The Morgan fingerprint density at radius 2 is 1.90 bits per heavy atom. The fraction of sp³-hybridized carbons (Fsp3) is 0.250. The van der Waals surface area contributed by atoms with E-state index in [-0.39, 0.29) is 5.56 Å². The van der Waals surface area contributed by atoms with Gasteiger partial charge < -0.3 is 14.0 Å². The Bertz CT molecular complexity index is 1210. The minimum atomic E-state index is -0.0940. The van der Waals surface area contributed by atoms with Crippen LogP contribution in [0.1, 0.15) is 25.3 Å². The summed E-state index contributed by atoms with van der Waals surface area (Å²) in [5.74, 6) is 1.55. The van der Waals surface area contributed by atoms with Gasteiger partial charge in [-0.1, -0.05) is 37.6 Å². The van der Waals surface area contributed by atoms with Crippen LogP contribution in [-0.4, -0.2) is 27.9 Å². The third-order valence-electron chi connectivity index (χ3n) is 5.01. The summed E-state index contributed by atoms with van der Waals surface area (Å²) in [6.07, 6.45) is 5.63. The molecule has 30 heavy (non-hydrogen) atoms. The predicted molar refractivity (Wildman–Crippen MR) is 117 cm³/mol. The molecular weight excluding hydrogens is 378 g/mol. The number of unbranched alkanes of at least 4 members (excludes halogenated alkanes) is 1. The number of rotatable bonds is 8. The lowest BCUT2D eigenvalue weighted by molar-refractivity contribution is 0.310. The molecule has 154 valence electrons. The maximum absolute atomic E-state index is 13.1. The fourth-order valence-corrected chi connectivity index (χ4v) is 3.38. The topological polar surface area (TPSA) is 57.8 Å². The molecule has 6 nitrogen and oxygen atoms in total. The van der Waals surface area contributed by atoms with Crippen molar-refractivity contribution in [3.63, 3.8) is 0 Å². The summed E-state index contributed by atoms with van der Waals surface area (Å²) in [6.45, 7) is 3.26. The number of fused-ring (bicyclic) bond motifs is 1. The Labute approximate surface area is 175 Å². The van der Waals surface area contributed by atoms with Crippen molar-refractivity contribution in [1.82, 2.24) is 14.2 Å². The SMILES string of the molecule is CCCCOc1ccccc1-c1cc2c(=O)n(Cc3cccc(OC)c3)ccn2n1. The number of hydrogen-bond acceptors (Lipinski definition) is 4. The molecule has 2 heterocycles. The highest BCUT2D eigenvalue weighted by atomic mass is 16.5. The predicted octanol–water partition coefficient (Wildman–Crippen LogP) is 4.40. The monoisotopic (exact) mass is 403 g/mol. The first-order valence-electron chi connectivity index (χ1n) is 10.1. The van der Waals surface area contributed by atoms with Gasteiger partial charge in [0.15, 0.2) is 0 Å². The highest BCUT2D eigenvalue weighted by Gasteiger charge is 2.13. The lowest BCUT2D eigenvalue weighted by atomic mass is 10.1. The lowest BCUT2D eigenvalue weighted by Gasteiger charge is -2.09. The first kappa shape index (κ1) is 19.8. The molecule has 0 amide bonds. The minimum Gasteiger partial charge on any atom is -0.497 e. The first-order chi connectivity index (χ1) is 14.7. The van der Waals surface area contributed by atoms with E-state index in [1.165, 1.54) is 0 Å². The normalized spacial score (nSPS) is 11.0. The van der Waals surface area contributed by atoms with E-state index >= 15 is 0 Å². The second-order valence-electron chi connectivity index (χ2n) is 7.14. The Morgan fingerprint density at radius 1 is 1.03 bits per heavy atom. The summed E-state index contributed by atoms with van der Waals surface area (Å²) in [7, 11) is 1.63. The number of hydrogen-bond donors (Lipinski definition) is 0. The van der Waals surface area contributed by atoms with Gasteiger partial charge >= 0.3 is 0 Å². The molecule has 4 aromatic rings. The highest BCUT2D eigenvalue weighted by molar-refractivity contribution is 5.71. The Balaban J connectivity index is 1.67. The zero-order valence-electron chi connectivity index (χ0n) is 17.2. The van der Waals surface area contributed by atoms with E-state index in [1.807, 2.05) is 54.6 Å². The van der Waals surface area contributed by atoms with E-state index in [0.29, 0.717) is 18.7 Å². The molecule has 0 aliphatic heterocycles. The third-order valence-corrected chi connectivity index (χ3v) is 5.01. The van der Waals surface area contributed by atoms with Crippen LogP contribution in [-0.2, 0) is 6.54 Å². The first-order valence-corrected chi connectivity index (χ1v) is 10.1. The molecule has 0 spiro atoms. The van der Waals surface area contributed by atoms with Crippen molar-refractivity contribution in [1.29, 1.82) is 0 Å². The van der Waals surface area contributed by atoms with Crippen LogP contribution in [0.4, 0.5) is 0 Å². The summed E-state index contributed by atoms with van der Waals surface area (Å²) in [5, 5.41) is 4.61. The molecule has 2 aromatic carbocycles. The van der Waals surface area contributed by atoms with Crippen LogP contribution in [0.25, 0.3) is 16.8 Å². The summed E-state index contributed by atoms with van der Waals surface area (Å²) >= 11 is 0. The van der Waals surface area contributed by atoms with Gasteiger partial charge in [0.2, 0.25) is 0 Å². The van der Waals surface area contributed by atoms with Crippen molar-refractivity contribution in [2.24, 2.45) is 0 Å². The Morgan fingerprint density at radius 3 is 2.73 bits per heavy atom. The van der Waals surface area contributed by atoms with E-state index in [4.69, 9.17) is 9.47 Å². The average Bonchev–Trinajstić information content (AvgIpc) is 3.21. The van der Waals surface area contributed by atoms with Crippen molar-refractivity contribution in [3.05, 3.63) is 82.9 Å². The summed E-state index contributed by atoms with van der Waals surface area (Å²) in [4.78, 5) is 13.1. The number of benzene rings is 2. The number of para-hydroxylation sites is 1. The molecule has 0 unspecified atom stereocenters. The van der Waals surface area contributed by atoms with Crippen molar-refractivity contribution in [2.45, 2.75) is 26.3 Å². The van der Waals surface area contributed by atoms with Gasteiger partial charge in [-0.05, 0) is 42.3 Å². The van der Waals surface area contributed by atoms with Gasteiger partial charge in [0.1, 0.15) is 17.0 Å². The zero-order valence-corrected chi connectivity index (χ0v) is 17.2. The van der Waals surface area contributed by atoms with Crippen LogP contribution in [0, 0.1) is 0 Å². The Kier molecular flexibility index (Phi) is 5.84. The maximum Gasteiger partial charge on any atom is 0.276 e. The number of nitrogens with zero attached hydrogens (tertiary/aromatic N) is 3. The molecule has 0 fully saturated rings. The quantitative estimate of drug-likeness (QED) is 0.409. The van der Waals surface area contributed by atoms with Gasteiger partial charge in [0.25, 0.3) is 5.56 Å². The van der Waals surface area contributed by atoms with Gasteiger partial charge in [0.05, 0.1) is 26.0 Å². The van der Waals surface area contributed by atoms with Crippen molar-refractivity contribution in [2.75, 3.05) is 13.7 Å². The third kappa shape index (κ3) is 4.08. The van der Waals surface area contributed by atoms with E-state index in [2.05, 4.69) is 12.0 Å². The molecule has 2 aromatic heterocycles. The van der Waals surface area contributed by atoms with Crippen molar-refractivity contribution < 1.29 is 9.47 Å². The molecule has 0 saturated heterocycles. The standard InChI is InChI=1S/C24H25N3O3/c1-3-4-14-30-23-11-6-5-10-20(23)21-16-22-24(28)26(12-13-27(22)25-21)17-18-8-7-9-19(15-18)29-2/h5-13,15-16H,3-4,14,17H2,1-2H3. The van der Waals surface area contributed by atoms with Crippen LogP contribution in [0.3, 0.4) is 0 Å². The van der Waals surface area contributed by atoms with Gasteiger partial charge in [-0.25, -0.2) is 4.52 Å². The van der Waals surface area contributed by atoms with Gasteiger partial charge in [-0.15, -0.1) is 0 Å². The molecule has 0 radical (unpaired) electrons. The number of methoxy groups -OCH3 is 1. The molecule has 0 aliphatic rings. The van der Waals surface area contributed by atoms with Crippen LogP contribution >= 0.6 is 0 Å². The fourth-order valence-electron chi connectivity index (χ4n) is 3.38. The zero-order chi connectivity index (χ0) is 20.9. The molecule has 4 rings (SSSR count). The second kappa shape index (κ2) is 8.86. The molecule has 0 N–H and O–H groups in total. The van der Waals surface area contributed by atoms with Crippen LogP contribution in [0.15, 0.2) is 71.8 Å². The average molecular weight is 403 g/mol. The van der Waals surface area contributed by atoms with E-state index < -0.39 is 0 Å². The highest BCUT2D eigenvalue weighted by Crippen LogP contribution is 2.29.